The van der Waals surface area contributed by atoms with Crippen LogP contribution >= 0.6 is 0 Å². The van der Waals surface area contributed by atoms with Crippen LogP contribution in [0, 0.1) is 0 Å². The SMILES string of the molecule is COCCOCCOCCOC(=O)CCC(=O)Oc1ccc(CC(NC(=O)c2ccc(O/C=C/CCC(=O)Oc3ccc(CC(NC(=O)c4ccc(OC)cc4)C(=O)OC)cc3)cc2)C(=O)OC)cc1. The minimum Gasteiger partial charge on any atom is -0.497 e. The zero-order chi connectivity index (χ0) is 50.5. The number of amides is 2. The van der Waals surface area contributed by atoms with Crippen molar-refractivity contribution in [3.63, 3.8) is 0 Å². The van der Waals surface area contributed by atoms with Crippen LogP contribution < -0.4 is 29.6 Å². The molecule has 4 rings (SSSR count). The standard InChI is InChI=1S/C51H58N2O17/c1-61-27-28-65-29-30-66-31-32-68-45(54)24-25-47(56)70-42-18-10-36(11-19-42)34-44(51(60)64-4)53-49(58)38-14-22-40(23-15-38)67-26-6-5-7-46(55)69-41-16-8-35(9-17-41)33-43(50(59)63-3)52-48(57)37-12-20-39(62-2)21-13-37/h6,8-23,26,43-44H,5,7,24-25,27-34H2,1-4H3,(H,52,57)(H,53,58)/b26-6+. The van der Waals surface area contributed by atoms with Gasteiger partial charge in [-0.3, -0.25) is 24.0 Å². The van der Waals surface area contributed by atoms with Gasteiger partial charge in [0.1, 0.15) is 41.7 Å². The summed E-state index contributed by atoms with van der Waals surface area (Å²) in [6.07, 6.45) is 3.24. The Morgan fingerprint density at radius 3 is 1.39 bits per heavy atom. The summed E-state index contributed by atoms with van der Waals surface area (Å²) in [6, 6.07) is 23.5. The highest BCUT2D eigenvalue weighted by Gasteiger charge is 2.24. The molecule has 0 bridgehead atoms. The van der Waals surface area contributed by atoms with Gasteiger partial charge in [0.05, 0.1) is 73.5 Å². The highest BCUT2D eigenvalue weighted by atomic mass is 16.6. The summed E-state index contributed by atoms with van der Waals surface area (Å²) in [4.78, 5) is 87.8. The number of ether oxygens (including phenoxy) is 10. The highest BCUT2D eigenvalue weighted by molar-refractivity contribution is 5.97. The third-order valence-electron chi connectivity index (χ3n) is 9.88. The van der Waals surface area contributed by atoms with Gasteiger partial charge < -0.3 is 58.0 Å². The molecule has 2 amide bonds. The summed E-state index contributed by atoms with van der Waals surface area (Å²) in [5.41, 5.74) is 1.93. The van der Waals surface area contributed by atoms with Crippen LogP contribution in [0.25, 0.3) is 0 Å². The number of esters is 5. The maximum absolute atomic E-state index is 13.1. The number of rotatable bonds is 30. The summed E-state index contributed by atoms with van der Waals surface area (Å²) >= 11 is 0. The molecule has 0 saturated heterocycles. The fourth-order valence-electron chi connectivity index (χ4n) is 6.16. The van der Waals surface area contributed by atoms with E-state index in [0.29, 0.717) is 66.8 Å². The molecule has 0 aromatic heterocycles. The molecule has 2 N–H and O–H groups in total. The summed E-state index contributed by atoms with van der Waals surface area (Å²) in [6.45, 7) is 1.91. The Morgan fingerprint density at radius 2 is 0.914 bits per heavy atom. The quantitative estimate of drug-likeness (QED) is 0.0232. The zero-order valence-electron chi connectivity index (χ0n) is 39.5. The van der Waals surface area contributed by atoms with Crippen LogP contribution in [-0.4, -0.2) is 122 Å². The van der Waals surface area contributed by atoms with Crippen LogP contribution in [-0.2, 0) is 65.2 Å². The lowest BCUT2D eigenvalue weighted by Crippen LogP contribution is -2.43. The predicted octanol–water partition coefficient (Wildman–Crippen LogP) is 4.91. The van der Waals surface area contributed by atoms with Gasteiger partial charge in [-0.15, -0.1) is 0 Å². The molecule has 0 heterocycles. The third-order valence-corrected chi connectivity index (χ3v) is 9.88. The normalized spacial score (nSPS) is 11.7. The molecule has 374 valence electrons. The number of carbonyl (C=O) groups is 7. The lowest BCUT2D eigenvalue weighted by molar-refractivity contribution is -0.148. The van der Waals surface area contributed by atoms with Crippen LogP contribution in [0.4, 0.5) is 0 Å². The second-order valence-electron chi connectivity index (χ2n) is 15.0. The third kappa shape index (κ3) is 20.3. The Hall–Kier alpha value is -7.61. The molecule has 4 aromatic carbocycles. The Kier molecular flexibility index (Phi) is 24.1. The van der Waals surface area contributed by atoms with Gasteiger partial charge in [0.2, 0.25) is 0 Å². The number of benzene rings is 4. The van der Waals surface area contributed by atoms with Crippen molar-refractivity contribution in [2.24, 2.45) is 0 Å². The molecule has 19 nitrogen and oxygen atoms in total. The maximum atomic E-state index is 13.1. The van der Waals surface area contributed by atoms with E-state index in [1.807, 2.05) is 0 Å². The summed E-state index contributed by atoms with van der Waals surface area (Å²) < 4.78 is 51.8. The van der Waals surface area contributed by atoms with Crippen molar-refractivity contribution in [1.29, 1.82) is 0 Å². The van der Waals surface area contributed by atoms with Gasteiger partial charge in [0.25, 0.3) is 11.8 Å². The van der Waals surface area contributed by atoms with Crippen molar-refractivity contribution in [3.05, 3.63) is 132 Å². The molecule has 0 fully saturated rings. The van der Waals surface area contributed by atoms with E-state index >= 15 is 0 Å². The predicted molar refractivity (Wildman–Crippen MR) is 250 cm³/mol. The highest BCUT2D eigenvalue weighted by Crippen LogP contribution is 2.19. The van der Waals surface area contributed by atoms with Gasteiger partial charge in [0.15, 0.2) is 0 Å². The van der Waals surface area contributed by atoms with Crippen molar-refractivity contribution in [2.45, 2.75) is 50.6 Å². The van der Waals surface area contributed by atoms with Gasteiger partial charge in [0, 0.05) is 37.5 Å². The number of allylic oxidation sites excluding steroid dienone is 1. The van der Waals surface area contributed by atoms with Crippen molar-refractivity contribution < 1.29 is 80.9 Å². The first-order valence-corrected chi connectivity index (χ1v) is 22.1. The van der Waals surface area contributed by atoms with E-state index in [2.05, 4.69) is 10.6 Å². The van der Waals surface area contributed by atoms with Gasteiger partial charge in [-0.1, -0.05) is 24.3 Å². The van der Waals surface area contributed by atoms with Gasteiger partial charge in [-0.2, -0.15) is 0 Å². The molecule has 0 saturated carbocycles. The smallest absolute Gasteiger partial charge is 0.328 e. The first-order chi connectivity index (χ1) is 33.9. The average molecular weight is 971 g/mol. The lowest BCUT2D eigenvalue weighted by atomic mass is 10.0. The Balaban J connectivity index is 1.14. The van der Waals surface area contributed by atoms with Crippen LogP contribution in [0.15, 0.2) is 109 Å². The molecule has 2 atom stereocenters. The van der Waals surface area contributed by atoms with Gasteiger partial charge in [-0.25, -0.2) is 9.59 Å². The number of hydrogen-bond donors (Lipinski definition) is 2. The molecular weight excluding hydrogens is 913 g/mol. The molecule has 0 radical (unpaired) electrons. The molecule has 2 unspecified atom stereocenters. The van der Waals surface area contributed by atoms with E-state index in [9.17, 15) is 33.6 Å². The molecule has 70 heavy (non-hydrogen) atoms. The summed E-state index contributed by atoms with van der Waals surface area (Å²) in [5.74, 6) is -2.45. The zero-order valence-corrected chi connectivity index (χ0v) is 39.5. The average Bonchev–Trinajstić information content (AvgIpc) is 3.37. The number of methoxy groups -OCH3 is 4. The first-order valence-electron chi connectivity index (χ1n) is 22.1. The largest absolute Gasteiger partial charge is 0.497 e. The van der Waals surface area contributed by atoms with E-state index in [4.69, 9.17) is 47.4 Å². The van der Waals surface area contributed by atoms with E-state index in [1.54, 1.807) is 86.0 Å². The second-order valence-corrected chi connectivity index (χ2v) is 15.0. The molecule has 0 spiro atoms. The minimum atomic E-state index is -1.04. The lowest BCUT2D eigenvalue weighted by Gasteiger charge is -2.17. The fourth-order valence-corrected chi connectivity index (χ4v) is 6.16. The van der Waals surface area contributed by atoms with E-state index in [1.165, 1.54) is 51.9 Å². The van der Waals surface area contributed by atoms with Crippen molar-refractivity contribution >= 4 is 41.7 Å². The van der Waals surface area contributed by atoms with Crippen LogP contribution in [0.1, 0.15) is 57.5 Å². The van der Waals surface area contributed by atoms with Crippen LogP contribution in [0.2, 0.25) is 0 Å². The van der Waals surface area contributed by atoms with Crippen molar-refractivity contribution in [1.82, 2.24) is 10.6 Å². The fraction of sp³-hybridized carbons (Fsp3) is 0.353. The molecule has 0 aliphatic carbocycles. The van der Waals surface area contributed by atoms with Crippen LogP contribution in [0.5, 0.6) is 23.0 Å². The van der Waals surface area contributed by atoms with Crippen molar-refractivity contribution in [2.75, 3.05) is 68.1 Å². The van der Waals surface area contributed by atoms with E-state index < -0.39 is 53.7 Å². The second kappa shape index (κ2) is 30.7. The van der Waals surface area contributed by atoms with Crippen molar-refractivity contribution in [3.8, 4) is 23.0 Å². The van der Waals surface area contributed by atoms with Gasteiger partial charge in [-0.05, 0) is 96.4 Å². The number of nitrogens with one attached hydrogen (secondary N) is 2. The van der Waals surface area contributed by atoms with E-state index in [-0.39, 0.29) is 56.6 Å². The Bertz CT molecular complexity index is 2320. The first kappa shape index (κ1) is 55.0. The maximum Gasteiger partial charge on any atom is 0.328 e. The minimum absolute atomic E-state index is 0.0389. The van der Waals surface area contributed by atoms with E-state index in [0.717, 1.165) is 0 Å². The Labute approximate surface area is 405 Å². The van der Waals surface area contributed by atoms with Gasteiger partial charge >= 0.3 is 29.8 Å². The monoisotopic (exact) mass is 970 g/mol. The topological polar surface area (TPSA) is 236 Å². The summed E-state index contributed by atoms with van der Waals surface area (Å²) in [5, 5.41) is 5.38. The molecule has 19 heteroatoms. The number of carbonyl (C=O) groups excluding carboxylic acids is 7. The molecular formula is C51H58N2O17. The summed E-state index contributed by atoms with van der Waals surface area (Å²) in [7, 11) is 5.54. The molecule has 0 aliphatic rings. The van der Waals surface area contributed by atoms with Crippen LogP contribution in [0.3, 0.4) is 0 Å². The number of hydrogen-bond acceptors (Lipinski definition) is 17. The Morgan fingerprint density at radius 1 is 0.486 bits per heavy atom. The molecule has 0 aliphatic heterocycles. The molecule has 4 aromatic rings.